The summed E-state index contributed by atoms with van der Waals surface area (Å²) < 4.78 is 0. The summed E-state index contributed by atoms with van der Waals surface area (Å²) in [4.78, 5) is 10.8. The molecule has 6 heteroatoms. The Labute approximate surface area is 100 Å². The molecule has 0 aromatic carbocycles. The number of thioether (sulfide) groups is 1. The smallest absolute Gasteiger partial charge is 0.189 e. The highest BCUT2D eigenvalue weighted by Crippen LogP contribution is 2.18. The zero-order valence-electron chi connectivity index (χ0n) is 8.59. The molecule has 0 unspecified atom stereocenters. The Morgan fingerprint density at radius 3 is 3.00 bits per heavy atom. The molecule has 1 atom stereocenters. The predicted molar refractivity (Wildman–Crippen MR) is 65.9 cm³/mol. The molecular weight excluding hydrogens is 232 g/mol. The summed E-state index contributed by atoms with van der Waals surface area (Å²) in [5.74, 6) is 0.998. The summed E-state index contributed by atoms with van der Waals surface area (Å²) in [7, 11) is 0. The first-order valence-corrected chi connectivity index (χ1v) is 5.89. The first kappa shape index (κ1) is 12.5. The van der Waals surface area contributed by atoms with Crippen molar-refractivity contribution in [2.24, 2.45) is 5.73 Å². The number of aromatic nitrogens is 2. The highest BCUT2D eigenvalue weighted by Gasteiger charge is 2.20. The molecule has 0 amide bonds. The maximum atomic E-state index is 5.84. The summed E-state index contributed by atoms with van der Waals surface area (Å²) in [6.45, 7) is 1.91. The molecule has 0 aliphatic carbocycles. The van der Waals surface area contributed by atoms with Crippen LogP contribution in [-0.2, 0) is 0 Å². The minimum atomic E-state index is 0. The fraction of sp³-hybridized carbons (Fsp3) is 0.556. The lowest BCUT2D eigenvalue weighted by Gasteiger charge is -2.16. The van der Waals surface area contributed by atoms with E-state index in [1.165, 1.54) is 0 Å². The van der Waals surface area contributed by atoms with Gasteiger partial charge < -0.3 is 10.6 Å². The maximum absolute atomic E-state index is 5.84. The van der Waals surface area contributed by atoms with Crippen LogP contribution >= 0.6 is 24.2 Å². The van der Waals surface area contributed by atoms with E-state index in [9.17, 15) is 0 Å². The number of halogens is 1. The molecule has 2 rings (SSSR count). The second-order valence-electron chi connectivity index (χ2n) is 3.40. The van der Waals surface area contributed by atoms with Crippen LogP contribution in [0.25, 0.3) is 0 Å². The molecule has 84 valence electrons. The monoisotopic (exact) mass is 246 g/mol. The van der Waals surface area contributed by atoms with Crippen molar-refractivity contribution in [2.45, 2.75) is 17.6 Å². The molecule has 15 heavy (non-hydrogen) atoms. The van der Waals surface area contributed by atoms with Crippen LogP contribution in [0.1, 0.15) is 6.42 Å². The number of nitrogens with zero attached hydrogens (tertiary/aromatic N) is 3. The Morgan fingerprint density at radius 1 is 1.60 bits per heavy atom. The van der Waals surface area contributed by atoms with E-state index in [1.807, 2.05) is 12.3 Å². The lowest BCUT2D eigenvalue weighted by atomic mass is 10.3. The molecule has 0 radical (unpaired) electrons. The van der Waals surface area contributed by atoms with Gasteiger partial charge in [0.2, 0.25) is 0 Å². The Bertz CT molecular complexity index is 323. The Balaban J connectivity index is 0.00000112. The van der Waals surface area contributed by atoms with Gasteiger partial charge in [-0.25, -0.2) is 9.97 Å². The van der Waals surface area contributed by atoms with Gasteiger partial charge in [0, 0.05) is 25.3 Å². The minimum absolute atomic E-state index is 0. The van der Waals surface area contributed by atoms with Gasteiger partial charge >= 0.3 is 0 Å². The van der Waals surface area contributed by atoms with Crippen molar-refractivity contribution in [1.82, 2.24) is 9.97 Å². The van der Waals surface area contributed by atoms with E-state index in [1.54, 1.807) is 18.0 Å². The molecular formula is C9H15ClN4S. The van der Waals surface area contributed by atoms with Gasteiger partial charge in [0.1, 0.15) is 5.82 Å². The third-order valence-corrected chi connectivity index (χ3v) is 2.91. The Hall–Kier alpha value is -0.520. The molecule has 4 nitrogen and oxygen atoms in total. The molecule has 0 saturated carbocycles. The van der Waals surface area contributed by atoms with Gasteiger partial charge in [-0.05, 0) is 18.7 Å². The Morgan fingerprint density at radius 2 is 2.40 bits per heavy atom. The molecule has 1 fully saturated rings. The SMILES string of the molecule is CSc1nccc(N2CC[C@H](N)C2)n1.Cl. The van der Waals surface area contributed by atoms with Crippen molar-refractivity contribution in [2.75, 3.05) is 24.2 Å². The van der Waals surface area contributed by atoms with Gasteiger partial charge in [0.25, 0.3) is 0 Å². The van der Waals surface area contributed by atoms with Crippen molar-refractivity contribution >= 4 is 30.0 Å². The fourth-order valence-corrected chi connectivity index (χ4v) is 1.95. The van der Waals surface area contributed by atoms with Crippen LogP contribution in [-0.4, -0.2) is 35.4 Å². The highest BCUT2D eigenvalue weighted by atomic mass is 35.5. The first-order valence-electron chi connectivity index (χ1n) is 4.67. The van der Waals surface area contributed by atoms with Crippen molar-refractivity contribution in [3.63, 3.8) is 0 Å². The van der Waals surface area contributed by atoms with Gasteiger partial charge in [-0.3, -0.25) is 0 Å². The second-order valence-corrected chi connectivity index (χ2v) is 4.17. The quantitative estimate of drug-likeness (QED) is 0.627. The predicted octanol–water partition coefficient (Wildman–Crippen LogP) is 1.16. The largest absolute Gasteiger partial charge is 0.355 e. The van der Waals surface area contributed by atoms with Gasteiger partial charge in [-0.1, -0.05) is 11.8 Å². The van der Waals surface area contributed by atoms with Crippen LogP contribution in [0, 0.1) is 0 Å². The molecule has 1 aliphatic heterocycles. The number of hydrogen-bond donors (Lipinski definition) is 1. The standard InChI is InChI=1S/C9H14N4S.ClH/c1-14-9-11-4-2-8(12-9)13-5-3-7(10)6-13;/h2,4,7H,3,5-6,10H2,1H3;1H/t7-;/m0./s1. The summed E-state index contributed by atoms with van der Waals surface area (Å²) in [5.41, 5.74) is 5.84. The first-order chi connectivity index (χ1) is 6.79. The minimum Gasteiger partial charge on any atom is -0.355 e. The van der Waals surface area contributed by atoms with Crippen LogP contribution in [0.4, 0.5) is 5.82 Å². The summed E-state index contributed by atoms with van der Waals surface area (Å²) in [5, 5.41) is 0.822. The summed E-state index contributed by atoms with van der Waals surface area (Å²) >= 11 is 1.56. The molecule has 1 aromatic rings. The van der Waals surface area contributed by atoms with E-state index in [0.29, 0.717) is 6.04 Å². The zero-order chi connectivity index (χ0) is 9.97. The molecule has 0 spiro atoms. The van der Waals surface area contributed by atoms with Crippen molar-refractivity contribution in [1.29, 1.82) is 0 Å². The number of anilines is 1. The molecule has 1 aromatic heterocycles. The van der Waals surface area contributed by atoms with Gasteiger partial charge in [-0.2, -0.15) is 0 Å². The molecule has 2 heterocycles. The van der Waals surface area contributed by atoms with E-state index in [4.69, 9.17) is 5.73 Å². The number of hydrogen-bond acceptors (Lipinski definition) is 5. The van der Waals surface area contributed by atoms with Gasteiger partial charge in [-0.15, -0.1) is 12.4 Å². The van der Waals surface area contributed by atoms with E-state index in [2.05, 4.69) is 14.9 Å². The molecule has 1 aliphatic rings. The van der Waals surface area contributed by atoms with E-state index >= 15 is 0 Å². The van der Waals surface area contributed by atoms with Crippen molar-refractivity contribution < 1.29 is 0 Å². The van der Waals surface area contributed by atoms with Gasteiger partial charge in [0.05, 0.1) is 0 Å². The van der Waals surface area contributed by atoms with E-state index < -0.39 is 0 Å². The van der Waals surface area contributed by atoms with Crippen LogP contribution in [0.2, 0.25) is 0 Å². The molecule has 0 bridgehead atoms. The second kappa shape index (κ2) is 5.53. The number of rotatable bonds is 2. The van der Waals surface area contributed by atoms with Crippen molar-refractivity contribution in [3.8, 4) is 0 Å². The van der Waals surface area contributed by atoms with Crippen LogP contribution < -0.4 is 10.6 Å². The normalized spacial score (nSPS) is 20.1. The summed E-state index contributed by atoms with van der Waals surface area (Å²) in [6.07, 6.45) is 4.84. The summed E-state index contributed by atoms with van der Waals surface area (Å²) in [6, 6.07) is 2.24. The topological polar surface area (TPSA) is 55.0 Å². The van der Waals surface area contributed by atoms with Crippen molar-refractivity contribution in [3.05, 3.63) is 12.3 Å². The maximum Gasteiger partial charge on any atom is 0.189 e. The Kier molecular flexibility index (Phi) is 4.63. The number of nitrogens with two attached hydrogens (primary N) is 1. The van der Waals surface area contributed by atoms with Crippen LogP contribution in [0.5, 0.6) is 0 Å². The molecule has 1 saturated heterocycles. The van der Waals surface area contributed by atoms with E-state index in [-0.39, 0.29) is 12.4 Å². The zero-order valence-corrected chi connectivity index (χ0v) is 10.2. The lowest BCUT2D eigenvalue weighted by Crippen LogP contribution is -2.26. The third kappa shape index (κ3) is 2.96. The average Bonchev–Trinajstić information content (AvgIpc) is 2.65. The van der Waals surface area contributed by atoms with Gasteiger partial charge in [0.15, 0.2) is 5.16 Å². The van der Waals surface area contributed by atoms with Crippen LogP contribution in [0.15, 0.2) is 17.4 Å². The van der Waals surface area contributed by atoms with E-state index in [0.717, 1.165) is 30.5 Å². The lowest BCUT2D eigenvalue weighted by molar-refractivity contribution is 0.750. The average molecular weight is 247 g/mol. The highest BCUT2D eigenvalue weighted by molar-refractivity contribution is 7.98. The fourth-order valence-electron chi connectivity index (χ4n) is 1.60. The van der Waals surface area contributed by atoms with Crippen LogP contribution in [0.3, 0.4) is 0 Å². The third-order valence-electron chi connectivity index (χ3n) is 2.35. The molecule has 2 N–H and O–H groups in total.